The summed E-state index contributed by atoms with van der Waals surface area (Å²) in [4.78, 5) is 26.6. The molecule has 0 radical (unpaired) electrons. The van der Waals surface area contributed by atoms with E-state index in [1.54, 1.807) is 13.0 Å². The molecule has 0 saturated heterocycles. The third-order valence-electron chi connectivity index (χ3n) is 6.03. The number of hydrogen-bond acceptors (Lipinski definition) is 6. The molecule has 1 amide bonds. The Kier molecular flexibility index (Phi) is 6.29. The smallest absolute Gasteiger partial charge is 0.341 e. The van der Waals surface area contributed by atoms with Gasteiger partial charge in [0.2, 0.25) is 12.7 Å². The Morgan fingerprint density at radius 1 is 1.25 bits per heavy atom. The molecule has 1 aliphatic heterocycles. The number of anilines is 1. The predicted molar refractivity (Wildman–Crippen MR) is 125 cm³/mol. The van der Waals surface area contributed by atoms with E-state index < -0.39 is 0 Å². The maximum Gasteiger partial charge on any atom is 0.341 e. The summed E-state index contributed by atoms with van der Waals surface area (Å²) in [6.45, 7) is 9.06. The quantitative estimate of drug-likeness (QED) is 0.479. The molecule has 1 aliphatic carbocycles. The summed E-state index contributed by atoms with van der Waals surface area (Å²) in [5.41, 5.74) is 2.57. The van der Waals surface area contributed by atoms with Gasteiger partial charge in [-0.25, -0.2) is 4.79 Å². The van der Waals surface area contributed by atoms with E-state index in [0.29, 0.717) is 34.6 Å². The minimum atomic E-state index is -0.366. The summed E-state index contributed by atoms with van der Waals surface area (Å²) in [7, 11) is 0. The molecule has 6 nitrogen and oxygen atoms in total. The number of benzene rings is 1. The largest absolute Gasteiger partial charge is 0.462 e. The van der Waals surface area contributed by atoms with Crippen molar-refractivity contribution in [3.63, 3.8) is 0 Å². The number of amides is 1. The molecule has 1 N–H and O–H groups in total. The first-order chi connectivity index (χ1) is 15.3. The van der Waals surface area contributed by atoms with Crippen molar-refractivity contribution >= 4 is 34.3 Å². The van der Waals surface area contributed by atoms with Gasteiger partial charge in [-0.1, -0.05) is 26.8 Å². The summed E-state index contributed by atoms with van der Waals surface area (Å²) in [5, 5.41) is 3.49. The van der Waals surface area contributed by atoms with Crippen molar-refractivity contribution < 1.29 is 23.8 Å². The number of rotatable bonds is 5. The molecule has 0 saturated carbocycles. The van der Waals surface area contributed by atoms with Crippen LogP contribution in [0.5, 0.6) is 11.5 Å². The second-order valence-electron chi connectivity index (χ2n) is 9.17. The number of carbonyl (C=O) groups is 2. The molecular formula is C25H29NO5S. The molecule has 4 rings (SSSR count). The van der Waals surface area contributed by atoms with E-state index >= 15 is 0 Å². The van der Waals surface area contributed by atoms with Gasteiger partial charge in [0.15, 0.2) is 11.5 Å². The van der Waals surface area contributed by atoms with Crippen LogP contribution >= 0.6 is 11.3 Å². The van der Waals surface area contributed by atoms with E-state index in [0.717, 1.165) is 30.4 Å². The van der Waals surface area contributed by atoms with Crippen LogP contribution in [0.4, 0.5) is 5.00 Å². The average molecular weight is 456 g/mol. The number of thiophene rings is 1. The van der Waals surface area contributed by atoms with Crippen molar-refractivity contribution in [2.75, 3.05) is 18.7 Å². The van der Waals surface area contributed by atoms with Gasteiger partial charge >= 0.3 is 5.97 Å². The van der Waals surface area contributed by atoms with E-state index in [4.69, 9.17) is 14.2 Å². The van der Waals surface area contributed by atoms with Crippen molar-refractivity contribution in [3.8, 4) is 11.5 Å². The van der Waals surface area contributed by atoms with Crippen LogP contribution in [0.3, 0.4) is 0 Å². The Morgan fingerprint density at radius 3 is 2.78 bits per heavy atom. The van der Waals surface area contributed by atoms with Crippen LogP contribution in [0, 0.1) is 11.3 Å². The van der Waals surface area contributed by atoms with Gasteiger partial charge in [0.25, 0.3) is 0 Å². The van der Waals surface area contributed by atoms with E-state index in [2.05, 4.69) is 26.1 Å². The standard InChI is InChI=1S/C25H29NO5S/c1-5-29-24(28)22-17-9-8-16(25(2,3)4)13-20(17)32-23(22)26-21(27)11-7-15-6-10-18-19(12-15)31-14-30-18/h6-7,10-12,16H,5,8-9,13-14H2,1-4H3,(H,26,27). The molecule has 32 heavy (non-hydrogen) atoms. The maximum absolute atomic E-state index is 12.7. The molecule has 1 unspecified atom stereocenters. The Bertz CT molecular complexity index is 1060. The predicted octanol–water partition coefficient (Wildman–Crippen LogP) is 5.46. The lowest BCUT2D eigenvalue weighted by Crippen LogP contribution is -2.26. The Morgan fingerprint density at radius 2 is 2.03 bits per heavy atom. The van der Waals surface area contributed by atoms with E-state index in [9.17, 15) is 9.59 Å². The van der Waals surface area contributed by atoms with Gasteiger partial charge in [0.05, 0.1) is 12.2 Å². The van der Waals surface area contributed by atoms with Crippen LogP contribution in [0.25, 0.3) is 6.08 Å². The maximum atomic E-state index is 12.7. The second kappa shape index (κ2) is 8.98. The normalized spacial score (nSPS) is 17.3. The molecule has 0 spiro atoms. The van der Waals surface area contributed by atoms with Crippen LogP contribution < -0.4 is 14.8 Å². The van der Waals surface area contributed by atoms with Gasteiger partial charge in [-0.15, -0.1) is 11.3 Å². The topological polar surface area (TPSA) is 73.9 Å². The molecule has 2 aromatic rings. The van der Waals surface area contributed by atoms with Crippen LogP contribution in [0.1, 0.15) is 60.5 Å². The van der Waals surface area contributed by atoms with Crippen LogP contribution in [0.15, 0.2) is 24.3 Å². The molecule has 0 fully saturated rings. The molecular weight excluding hydrogens is 426 g/mol. The monoisotopic (exact) mass is 455 g/mol. The van der Waals surface area contributed by atoms with Crippen LogP contribution in [0.2, 0.25) is 0 Å². The first-order valence-electron chi connectivity index (χ1n) is 11.0. The number of esters is 1. The molecule has 1 atom stereocenters. The SMILES string of the molecule is CCOC(=O)c1c(NC(=O)C=Cc2ccc3c(c2)OCO3)sc2c1CCC(C(C)(C)C)C2. The van der Waals surface area contributed by atoms with Gasteiger partial charge in [-0.05, 0) is 66.9 Å². The van der Waals surface area contributed by atoms with Crippen LogP contribution in [-0.2, 0) is 22.4 Å². The highest BCUT2D eigenvalue weighted by Gasteiger charge is 2.34. The highest BCUT2D eigenvalue weighted by atomic mass is 32.1. The molecule has 1 aromatic carbocycles. The minimum absolute atomic E-state index is 0.197. The van der Waals surface area contributed by atoms with Crippen molar-refractivity contribution in [2.24, 2.45) is 11.3 Å². The number of hydrogen-bond donors (Lipinski definition) is 1. The fourth-order valence-electron chi connectivity index (χ4n) is 4.17. The van der Waals surface area contributed by atoms with E-state index in [-0.39, 0.29) is 24.1 Å². The minimum Gasteiger partial charge on any atom is -0.462 e. The number of nitrogens with one attached hydrogen (secondary N) is 1. The Labute approximate surface area is 192 Å². The number of fused-ring (bicyclic) bond motifs is 2. The van der Waals surface area contributed by atoms with Gasteiger partial charge in [0.1, 0.15) is 5.00 Å². The zero-order chi connectivity index (χ0) is 22.9. The third-order valence-corrected chi connectivity index (χ3v) is 7.20. The van der Waals surface area contributed by atoms with E-state index in [1.807, 2.05) is 18.2 Å². The molecule has 2 heterocycles. The van der Waals surface area contributed by atoms with Gasteiger partial charge < -0.3 is 19.5 Å². The fraction of sp³-hybridized carbons (Fsp3) is 0.440. The lowest BCUT2D eigenvalue weighted by molar-refractivity contribution is -0.111. The van der Waals surface area contributed by atoms with Crippen molar-refractivity contribution in [1.82, 2.24) is 0 Å². The molecule has 2 aliphatic rings. The molecule has 1 aromatic heterocycles. The van der Waals surface area contributed by atoms with Crippen LogP contribution in [-0.4, -0.2) is 25.3 Å². The lowest BCUT2D eigenvalue weighted by Gasteiger charge is -2.33. The third kappa shape index (κ3) is 4.67. The first kappa shape index (κ1) is 22.4. The average Bonchev–Trinajstić information content (AvgIpc) is 3.34. The summed E-state index contributed by atoms with van der Waals surface area (Å²) in [6, 6.07) is 5.50. The zero-order valence-electron chi connectivity index (χ0n) is 18.9. The van der Waals surface area contributed by atoms with Crippen molar-refractivity contribution in [1.29, 1.82) is 0 Å². The molecule has 170 valence electrons. The number of carbonyl (C=O) groups excluding carboxylic acids is 2. The van der Waals surface area contributed by atoms with E-state index in [1.165, 1.54) is 22.3 Å². The second-order valence-corrected chi connectivity index (χ2v) is 10.3. The molecule has 0 bridgehead atoms. The Hall–Kier alpha value is -2.80. The van der Waals surface area contributed by atoms with Gasteiger partial charge in [-0.3, -0.25) is 4.79 Å². The summed E-state index contributed by atoms with van der Waals surface area (Å²) < 4.78 is 16.0. The summed E-state index contributed by atoms with van der Waals surface area (Å²) >= 11 is 1.50. The highest BCUT2D eigenvalue weighted by molar-refractivity contribution is 7.17. The fourth-order valence-corrected chi connectivity index (χ4v) is 5.49. The lowest BCUT2D eigenvalue weighted by atomic mass is 9.72. The highest BCUT2D eigenvalue weighted by Crippen LogP contribution is 2.44. The van der Waals surface area contributed by atoms with Crippen molar-refractivity contribution in [3.05, 3.63) is 45.8 Å². The Balaban J connectivity index is 1.55. The summed E-state index contributed by atoms with van der Waals surface area (Å²) in [5.74, 6) is 1.24. The van der Waals surface area contributed by atoms with Gasteiger partial charge in [0, 0.05) is 11.0 Å². The first-order valence-corrected chi connectivity index (χ1v) is 11.8. The molecule has 7 heteroatoms. The number of ether oxygens (including phenoxy) is 3. The van der Waals surface area contributed by atoms with Crippen molar-refractivity contribution in [2.45, 2.75) is 47.0 Å². The zero-order valence-corrected chi connectivity index (χ0v) is 19.8. The summed E-state index contributed by atoms with van der Waals surface area (Å²) in [6.07, 6.45) is 5.94. The van der Waals surface area contributed by atoms with Gasteiger partial charge in [-0.2, -0.15) is 0 Å².